The van der Waals surface area contributed by atoms with Gasteiger partial charge < -0.3 is 9.73 Å². The quantitative estimate of drug-likeness (QED) is 0.423. The lowest BCUT2D eigenvalue weighted by Crippen LogP contribution is -2.17. The smallest absolute Gasteiger partial charge is 0.234 e. The highest BCUT2D eigenvalue weighted by molar-refractivity contribution is 7.99. The van der Waals surface area contributed by atoms with Gasteiger partial charge in [0.2, 0.25) is 11.7 Å². The Bertz CT molecular complexity index is 925. The Kier molecular flexibility index (Phi) is 6.71. The third-order valence-electron chi connectivity index (χ3n) is 4.37. The molecule has 1 N–H and O–H groups in total. The van der Waals surface area contributed by atoms with Crippen molar-refractivity contribution in [2.24, 2.45) is 0 Å². The van der Waals surface area contributed by atoms with Crippen LogP contribution in [0.5, 0.6) is 0 Å². The predicted octanol–water partition coefficient (Wildman–Crippen LogP) is 4.58. The van der Waals surface area contributed by atoms with E-state index in [1.807, 2.05) is 16.7 Å². The largest absolute Gasteiger partial charge is 0.461 e. The minimum atomic E-state index is -0.0618. The molecule has 1 aromatic carbocycles. The zero-order valence-electron chi connectivity index (χ0n) is 16.1. The molecular formula is C21H24N4O2S. The number of allylic oxidation sites excluding steroid dienone is 1. The SMILES string of the molecule is C=CCn1c(SCC(=O)Nc2c(CC)cccc2CC)nnc1-c1ccco1. The summed E-state index contributed by atoms with van der Waals surface area (Å²) in [6.45, 7) is 8.51. The highest BCUT2D eigenvalue weighted by atomic mass is 32.2. The summed E-state index contributed by atoms with van der Waals surface area (Å²) < 4.78 is 7.32. The first-order chi connectivity index (χ1) is 13.7. The number of nitrogens with zero attached hydrogens (tertiary/aromatic N) is 3. The number of aryl methyl sites for hydroxylation is 2. The van der Waals surface area contributed by atoms with Crippen LogP contribution in [0.4, 0.5) is 5.69 Å². The molecule has 0 spiro atoms. The van der Waals surface area contributed by atoms with Gasteiger partial charge in [0.1, 0.15) is 0 Å². The van der Waals surface area contributed by atoms with Gasteiger partial charge in [-0.1, -0.05) is 49.9 Å². The van der Waals surface area contributed by atoms with Crippen LogP contribution < -0.4 is 5.32 Å². The number of rotatable bonds is 9. The van der Waals surface area contributed by atoms with Crippen LogP contribution in [0.3, 0.4) is 0 Å². The van der Waals surface area contributed by atoms with Crippen LogP contribution in [-0.2, 0) is 24.2 Å². The van der Waals surface area contributed by atoms with Crippen LogP contribution in [-0.4, -0.2) is 26.4 Å². The summed E-state index contributed by atoms with van der Waals surface area (Å²) in [6.07, 6.45) is 5.11. The lowest BCUT2D eigenvalue weighted by atomic mass is 10.0. The number of anilines is 1. The summed E-state index contributed by atoms with van der Waals surface area (Å²) in [5, 5.41) is 12.2. The van der Waals surface area contributed by atoms with E-state index in [0.29, 0.717) is 23.3 Å². The van der Waals surface area contributed by atoms with Gasteiger partial charge in [-0.15, -0.1) is 16.8 Å². The number of thioether (sulfide) groups is 1. The molecule has 0 unspecified atom stereocenters. The van der Waals surface area contributed by atoms with Gasteiger partial charge in [0.15, 0.2) is 10.9 Å². The first kappa shape index (κ1) is 19.9. The van der Waals surface area contributed by atoms with Crippen LogP contribution in [0.1, 0.15) is 25.0 Å². The van der Waals surface area contributed by atoms with E-state index in [2.05, 4.69) is 48.1 Å². The summed E-state index contributed by atoms with van der Waals surface area (Å²) >= 11 is 1.35. The van der Waals surface area contributed by atoms with E-state index in [9.17, 15) is 4.79 Å². The Morgan fingerprint density at radius 3 is 2.57 bits per heavy atom. The summed E-state index contributed by atoms with van der Waals surface area (Å²) in [7, 11) is 0. The van der Waals surface area contributed by atoms with Crippen molar-refractivity contribution in [1.82, 2.24) is 14.8 Å². The number of carbonyl (C=O) groups excluding carboxylic acids is 1. The van der Waals surface area contributed by atoms with E-state index in [1.165, 1.54) is 11.8 Å². The van der Waals surface area contributed by atoms with Gasteiger partial charge in [0.25, 0.3) is 0 Å². The van der Waals surface area contributed by atoms with E-state index >= 15 is 0 Å². The molecule has 1 amide bonds. The zero-order chi connectivity index (χ0) is 19.9. The molecule has 3 aromatic rings. The predicted molar refractivity (Wildman–Crippen MR) is 112 cm³/mol. The molecule has 0 atom stereocenters. The Hall–Kier alpha value is -2.80. The van der Waals surface area contributed by atoms with Crippen LogP contribution in [0.2, 0.25) is 0 Å². The van der Waals surface area contributed by atoms with E-state index < -0.39 is 0 Å². The van der Waals surface area contributed by atoms with Crippen LogP contribution >= 0.6 is 11.8 Å². The molecule has 7 heteroatoms. The van der Waals surface area contributed by atoms with E-state index in [-0.39, 0.29) is 11.7 Å². The highest BCUT2D eigenvalue weighted by Gasteiger charge is 2.17. The number of carbonyl (C=O) groups is 1. The Labute approximate surface area is 169 Å². The van der Waals surface area contributed by atoms with E-state index in [4.69, 9.17) is 4.42 Å². The molecule has 0 saturated carbocycles. The van der Waals surface area contributed by atoms with Crippen molar-refractivity contribution in [2.75, 3.05) is 11.1 Å². The van der Waals surface area contributed by atoms with Gasteiger partial charge in [-0.25, -0.2) is 0 Å². The molecule has 146 valence electrons. The molecule has 0 aliphatic carbocycles. The highest BCUT2D eigenvalue weighted by Crippen LogP contribution is 2.26. The maximum absolute atomic E-state index is 12.6. The molecule has 2 heterocycles. The minimum Gasteiger partial charge on any atom is -0.461 e. The summed E-state index contributed by atoms with van der Waals surface area (Å²) in [5.41, 5.74) is 3.22. The number of hydrogen-bond acceptors (Lipinski definition) is 5. The molecule has 0 aliphatic heterocycles. The monoisotopic (exact) mass is 396 g/mol. The zero-order valence-corrected chi connectivity index (χ0v) is 17.0. The van der Waals surface area contributed by atoms with E-state index in [1.54, 1.807) is 18.4 Å². The van der Waals surface area contributed by atoms with Gasteiger partial charge in [-0.2, -0.15) is 0 Å². The van der Waals surface area contributed by atoms with Crippen LogP contribution in [0.25, 0.3) is 11.6 Å². The van der Waals surface area contributed by atoms with E-state index in [0.717, 1.165) is 29.7 Å². The topological polar surface area (TPSA) is 73.0 Å². The first-order valence-electron chi connectivity index (χ1n) is 9.29. The fraction of sp³-hybridized carbons (Fsp3) is 0.286. The molecule has 2 aromatic heterocycles. The molecule has 28 heavy (non-hydrogen) atoms. The maximum Gasteiger partial charge on any atom is 0.234 e. The molecular weight excluding hydrogens is 372 g/mol. The molecule has 0 radical (unpaired) electrons. The summed E-state index contributed by atoms with van der Waals surface area (Å²) in [4.78, 5) is 12.6. The van der Waals surface area contributed by atoms with Crippen molar-refractivity contribution < 1.29 is 9.21 Å². The summed E-state index contributed by atoms with van der Waals surface area (Å²) in [6, 6.07) is 9.78. The first-order valence-corrected chi connectivity index (χ1v) is 10.3. The van der Waals surface area contributed by atoms with Crippen molar-refractivity contribution in [2.45, 2.75) is 38.4 Å². The van der Waals surface area contributed by atoms with Gasteiger partial charge >= 0.3 is 0 Å². The average molecular weight is 397 g/mol. The van der Waals surface area contributed by atoms with Gasteiger partial charge in [0.05, 0.1) is 12.0 Å². The lowest BCUT2D eigenvalue weighted by Gasteiger charge is -2.14. The maximum atomic E-state index is 12.6. The minimum absolute atomic E-state index is 0.0618. The number of aromatic nitrogens is 3. The number of furan rings is 1. The molecule has 0 fully saturated rings. The van der Waals surface area contributed by atoms with Crippen LogP contribution in [0, 0.1) is 0 Å². The molecule has 3 rings (SSSR count). The molecule has 0 bridgehead atoms. The third kappa shape index (κ3) is 4.36. The number of hydrogen-bond donors (Lipinski definition) is 1. The number of nitrogens with one attached hydrogen (secondary N) is 1. The molecule has 6 nitrogen and oxygen atoms in total. The fourth-order valence-corrected chi connectivity index (χ4v) is 3.73. The lowest BCUT2D eigenvalue weighted by molar-refractivity contribution is -0.113. The van der Waals surface area contributed by atoms with Crippen molar-refractivity contribution in [3.63, 3.8) is 0 Å². The van der Waals surface area contributed by atoms with Gasteiger partial charge in [-0.05, 0) is 36.1 Å². The van der Waals surface area contributed by atoms with Crippen molar-refractivity contribution >= 4 is 23.4 Å². The Morgan fingerprint density at radius 1 is 1.21 bits per heavy atom. The third-order valence-corrected chi connectivity index (χ3v) is 5.33. The Balaban J connectivity index is 1.73. The number of para-hydroxylation sites is 1. The standard InChI is InChI=1S/C21H24N4O2S/c1-4-12-25-20(17-11-8-13-27-17)23-24-21(25)28-14-18(26)22-19-15(5-2)9-7-10-16(19)6-3/h4,7-11,13H,1,5-6,12,14H2,2-3H3,(H,22,26). The fourth-order valence-electron chi connectivity index (χ4n) is 2.99. The Morgan fingerprint density at radius 2 is 1.96 bits per heavy atom. The van der Waals surface area contributed by atoms with Crippen molar-refractivity contribution in [3.8, 4) is 11.6 Å². The molecule has 0 saturated heterocycles. The van der Waals surface area contributed by atoms with Crippen LogP contribution in [0.15, 0.2) is 58.8 Å². The molecule has 0 aliphatic rings. The van der Waals surface area contributed by atoms with Gasteiger partial charge in [0, 0.05) is 12.2 Å². The van der Waals surface area contributed by atoms with Gasteiger partial charge in [-0.3, -0.25) is 9.36 Å². The second-order valence-electron chi connectivity index (χ2n) is 6.18. The average Bonchev–Trinajstić information content (AvgIpc) is 3.36. The number of amides is 1. The second kappa shape index (κ2) is 9.41. The van der Waals surface area contributed by atoms with Crippen molar-refractivity contribution in [3.05, 3.63) is 60.4 Å². The van der Waals surface area contributed by atoms with Crippen molar-refractivity contribution in [1.29, 1.82) is 0 Å². The summed E-state index contributed by atoms with van der Waals surface area (Å²) in [5.74, 6) is 1.44. The second-order valence-corrected chi connectivity index (χ2v) is 7.12. The number of benzene rings is 1. The normalized spacial score (nSPS) is 10.8.